The highest BCUT2D eigenvalue weighted by Gasteiger charge is 2.22. The molecule has 1 heterocycles. The number of carbonyl (C=O) groups excluding carboxylic acids is 1. The lowest BCUT2D eigenvalue weighted by atomic mass is 10.2. The molecular formula is C11H18N2O3. The highest BCUT2D eigenvalue weighted by atomic mass is 16.5. The molecule has 0 saturated carbocycles. The van der Waals surface area contributed by atoms with Gasteiger partial charge in [0.25, 0.3) is 0 Å². The van der Waals surface area contributed by atoms with Crippen LogP contribution in [0.4, 0.5) is 0 Å². The number of carbonyl (C=O) groups is 1. The van der Waals surface area contributed by atoms with E-state index in [1.165, 1.54) is 0 Å². The smallest absolute Gasteiger partial charge is 0.318 e. The van der Waals surface area contributed by atoms with Crippen LogP contribution < -0.4 is 0 Å². The van der Waals surface area contributed by atoms with Gasteiger partial charge in [0.15, 0.2) is 5.82 Å². The first-order valence-corrected chi connectivity index (χ1v) is 5.68. The van der Waals surface area contributed by atoms with Crippen LogP contribution in [0.3, 0.4) is 0 Å². The first-order valence-electron chi connectivity index (χ1n) is 5.68. The van der Waals surface area contributed by atoms with Gasteiger partial charge in [-0.3, -0.25) is 4.79 Å². The molecule has 1 unspecified atom stereocenters. The fraction of sp³-hybridized carbons (Fsp3) is 0.727. The fourth-order valence-corrected chi connectivity index (χ4v) is 1.25. The molecular weight excluding hydrogens is 208 g/mol. The number of hydrogen-bond acceptors (Lipinski definition) is 5. The van der Waals surface area contributed by atoms with Gasteiger partial charge in [-0.1, -0.05) is 18.5 Å². The molecule has 1 rings (SSSR count). The summed E-state index contributed by atoms with van der Waals surface area (Å²) in [6.45, 7) is 5.93. The normalized spacial score (nSPS) is 12.4. The van der Waals surface area contributed by atoms with Crippen LogP contribution >= 0.6 is 0 Å². The Bertz CT molecular complexity index is 336. The Balaban J connectivity index is 2.59. The van der Waals surface area contributed by atoms with Crippen molar-refractivity contribution >= 4 is 5.97 Å². The summed E-state index contributed by atoms with van der Waals surface area (Å²) < 4.78 is 9.91. The SMILES string of the molecule is CCCCc1noc(C(C)C(=O)OCC)n1. The van der Waals surface area contributed by atoms with Crippen LogP contribution in [-0.4, -0.2) is 22.7 Å². The molecule has 5 heteroatoms. The van der Waals surface area contributed by atoms with Crippen molar-refractivity contribution in [2.75, 3.05) is 6.61 Å². The van der Waals surface area contributed by atoms with E-state index in [2.05, 4.69) is 17.1 Å². The van der Waals surface area contributed by atoms with Crippen molar-refractivity contribution < 1.29 is 14.1 Å². The van der Waals surface area contributed by atoms with E-state index < -0.39 is 5.92 Å². The summed E-state index contributed by atoms with van der Waals surface area (Å²) in [5, 5.41) is 3.82. The Morgan fingerprint density at radius 2 is 2.25 bits per heavy atom. The zero-order valence-corrected chi connectivity index (χ0v) is 10.0. The molecule has 16 heavy (non-hydrogen) atoms. The molecule has 0 aliphatic rings. The van der Waals surface area contributed by atoms with Crippen LogP contribution in [0.15, 0.2) is 4.52 Å². The second-order valence-electron chi connectivity index (χ2n) is 3.63. The number of aromatic nitrogens is 2. The average Bonchev–Trinajstić information content (AvgIpc) is 2.74. The minimum Gasteiger partial charge on any atom is -0.465 e. The van der Waals surface area contributed by atoms with E-state index in [4.69, 9.17) is 9.26 Å². The average molecular weight is 226 g/mol. The maximum absolute atomic E-state index is 11.4. The molecule has 0 aliphatic carbocycles. The van der Waals surface area contributed by atoms with Crippen LogP contribution in [0, 0.1) is 0 Å². The molecule has 0 radical (unpaired) electrons. The number of rotatable bonds is 6. The van der Waals surface area contributed by atoms with Crippen molar-refractivity contribution in [2.24, 2.45) is 0 Å². The van der Waals surface area contributed by atoms with Gasteiger partial charge < -0.3 is 9.26 Å². The van der Waals surface area contributed by atoms with Gasteiger partial charge in [0, 0.05) is 6.42 Å². The summed E-state index contributed by atoms with van der Waals surface area (Å²) >= 11 is 0. The standard InChI is InChI=1S/C11H18N2O3/c1-4-6-7-9-12-10(16-13-9)8(3)11(14)15-5-2/h8H,4-7H2,1-3H3. The van der Waals surface area contributed by atoms with Gasteiger partial charge in [-0.05, 0) is 20.3 Å². The molecule has 1 aromatic heterocycles. The summed E-state index contributed by atoms with van der Waals surface area (Å²) in [6, 6.07) is 0. The third-order valence-corrected chi connectivity index (χ3v) is 2.25. The van der Waals surface area contributed by atoms with Gasteiger partial charge in [0.1, 0.15) is 5.92 Å². The molecule has 0 saturated heterocycles. The van der Waals surface area contributed by atoms with Gasteiger partial charge in [-0.15, -0.1) is 0 Å². The molecule has 1 aromatic rings. The van der Waals surface area contributed by atoms with Gasteiger partial charge in [-0.2, -0.15) is 4.98 Å². The van der Waals surface area contributed by atoms with E-state index in [0.717, 1.165) is 19.3 Å². The first-order chi connectivity index (χ1) is 7.69. The number of unbranched alkanes of at least 4 members (excludes halogenated alkanes) is 1. The minimum absolute atomic E-state index is 0.326. The molecule has 0 N–H and O–H groups in total. The Morgan fingerprint density at radius 3 is 2.88 bits per heavy atom. The van der Waals surface area contributed by atoms with Crippen LogP contribution in [0.1, 0.15) is 51.2 Å². The van der Waals surface area contributed by atoms with E-state index in [9.17, 15) is 4.79 Å². The quantitative estimate of drug-likeness (QED) is 0.695. The first kappa shape index (κ1) is 12.7. The summed E-state index contributed by atoms with van der Waals surface area (Å²) in [5.41, 5.74) is 0. The number of aryl methyl sites for hydroxylation is 1. The zero-order valence-electron chi connectivity index (χ0n) is 10.0. The Kier molecular flexibility index (Phi) is 4.95. The topological polar surface area (TPSA) is 65.2 Å². The molecule has 1 atom stereocenters. The van der Waals surface area contributed by atoms with Crippen LogP contribution in [-0.2, 0) is 16.0 Å². The van der Waals surface area contributed by atoms with Gasteiger partial charge in [0.05, 0.1) is 6.61 Å². The zero-order chi connectivity index (χ0) is 12.0. The molecule has 0 fully saturated rings. The molecule has 5 nitrogen and oxygen atoms in total. The van der Waals surface area contributed by atoms with Crippen LogP contribution in [0.25, 0.3) is 0 Å². The maximum atomic E-state index is 11.4. The summed E-state index contributed by atoms with van der Waals surface area (Å²) in [7, 11) is 0. The van der Waals surface area contributed by atoms with E-state index >= 15 is 0 Å². The molecule has 0 aliphatic heterocycles. The van der Waals surface area contributed by atoms with Crippen molar-refractivity contribution in [3.63, 3.8) is 0 Å². The fourth-order valence-electron chi connectivity index (χ4n) is 1.25. The van der Waals surface area contributed by atoms with Crippen molar-refractivity contribution in [2.45, 2.75) is 46.0 Å². The maximum Gasteiger partial charge on any atom is 0.318 e. The molecule has 90 valence electrons. The van der Waals surface area contributed by atoms with Gasteiger partial charge in [-0.25, -0.2) is 0 Å². The summed E-state index contributed by atoms with van der Waals surface area (Å²) in [5.74, 6) is 0.188. The lowest BCUT2D eigenvalue weighted by Crippen LogP contribution is -2.13. The molecule has 0 bridgehead atoms. The third-order valence-electron chi connectivity index (χ3n) is 2.25. The lowest BCUT2D eigenvalue weighted by Gasteiger charge is -2.04. The summed E-state index contributed by atoms with van der Waals surface area (Å²) in [4.78, 5) is 15.6. The number of ether oxygens (including phenoxy) is 1. The third kappa shape index (κ3) is 3.32. The van der Waals surface area contributed by atoms with E-state index in [-0.39, 0.29) is 5.97 Å². The minimum atomic E-state index is -0.483. The predicted molar refractivity (Wildman–Crippen MR) is 58.0 cm³/mol. The monoisotopic (exact) mass is 226 g/mol. The van der Waals surface area contributed by atoms with E-state index in [1.807, 2.05) is 0 Å². The van der Waals surface area contributed by atoms with Gasteiger partial charge >= 0.3 is 5.97 Å². The summed E-state index contributed by atoms with van der Waals surface area (Å²) in [6.07, 6.45) is 2.89. The van der Waals surface area contributed by atoms with Crippen molar-refractivity contribution in [3.8, 4) is 0 Å². The Hall–Kier alpha value is -1.39. The predicted octanol–water partition coefficient (Wildman–Crippen LogP) is 2.08. The number of esters is 1. The molecule has 0 spiro atoms. The van der Waals surface area contributed by atoms with Crippen LogP contribution in [0.5, 0.6) is 0 Å². The van der Waals surface area contributed by atoms with E-state index in [1.54, 1.807) is 13.8 Å². The highest BCUT2D eigenvalue weighted by molar-refractivity contribution is 5.76. The Morgan fingerprint density at radius 1 is 1.50 bits per heavy atom. The van der Waals surface area contributed by atoms with E-state index in [0.29, 0.717) is 18.3 Å². The largest absolute Gasteiger partial charge is 0.465 e. The number of hydrogen-bond donors (Lipinski definition) is 0. The molecule has 0 amide bonds. The number of nitrogens with zero attached hydrogens (tertiary/aromatic N) is 2. The molecule has 0 aromatic carbocycles. The second kappa shape index (κ2) is 6.25. The van der Waals surface area contributed by atoms with Crippen molar-refractivity contribution in [3.05, 3.63) is 11.7 Å². The highest BCUT2D eigenvalue weighted by Crippen LogP contribution is 2.15. The van der Waals surface area contributed by atoms with Crippen LogP contribution in [0.2, 0.25) is 0 Å². The Labute approximate surface area is 95.2 Å². The van der Waals surface area contributed by atoms with Crippen molar-refractivity contribution in [1.82, 2.24) is 10.1 Å². The lowest BCUT2D eigenvalue weighted by molar-refractivity contribution is -0.145. The van der Waals surface area contributed by atoms with Crippen molar-refractivity contribution in [1.29, 1.82) is 0 Å². The second-order valence-corrected chi connectivity index (χ2v) is 3.63. The van der Waals surface area contributed by atoms with Gasteiger partial charge in [0.2, 0.25) is 5.89 Å².